The molecular weight excluding hydrogens is 387 g/mol. The van der Waals surface area contributed by atoms with Crippen LogP contribution in [-0.4, -0.2) is 26.4 Å². The molecule has 0 radical (unpaired) electrons. The molecule has 27 heavy (non-hydrogen) atoms. The highest BCUT2D eigenvalue weighted by molar-refractivity contribution is 7.99. The molecule has 1 aromatic heterocycles. The molecule has 2 aromatic carbocycles. The Kier molecular flexibility index (Phi) is 6.13. The maximum absolute atomic E-state index is 13.0. The van der Waals surface area contributed by atoms with Gasteiger partial charge in [0.15, 0.2) is 11.0 Å². The standard InChI is InChI=1S/C19H18ClFN4OS/c1-12(13-5-9-16(21)10-6-13)22-17(26)11-27-19-24-23-18(25(19)2)14-3-7-15(20)8-4-14/h3-10,12H,11H2,1-2H3,(H,22,26)/t12-/m1/s1. The lowest BCUT2D eigenvalue weighted by Gasteiger charge is -2.14. The number of halogens is 2. The Morgan fingerprint density at radius 3 is 2.52 bits per heavy atom. The fraction of sp³-hybridized carbons (Fsp3) is 0.211. The van der Waals surface area contributed by atoms with Crippen LogP contribution in [0, 0.1) is 5.82 Å². The van der Waals surface area contributed by atoms with E-state index < -0.39 is 0 Å². The molecule has 0 saturated heterocycles. The molecule has 1 atom stereocenters. The van der Waals surface area contributed by atoms with E-state index in [1.54, 1.807) is 24.3 Å². The highest BCUT2D eigenvalue weighted by atomic mass is 35.5. The Morgan fingerprint density at radius 1 is 1.19 bits per heavy atom. The average Bonchev–Trinajstić information content (AvgIpc) is 3.02. The van der Waals surface area contributed by atoms with Crippen molar-refractivity contribution in [2.75, 3.05) is 5.75 Å². The van der Waals surface area contributed by atoms with Gasteiger partial charge in [0.1, 0.15) is 5.82 Å². The van der Waals surface area contributed by atoms with Gasteiger partial charge in [-0.15, -0.1) is 10.2 Å². The number of nitrogens with one attached hydrogen (secondary N) is 1. The van der Waals surface area contributed by atoms with Gasteiger partial charge >= 0.3 is 0 Å². The fourth-order valence-electron chi connectivity index (χ4n) is 2.54. The Balaban J connectivity index is 1.59. The summed E-state index contributed by atoms with van der Waals surface area (Å²) in [6.07, 6.45) is 0. The van der Waals surface area contributed by atoms with Gasteiger partial charge in [0.25, 0.3) is 0 Å². The maximum atomic E-state index is 13.0. The number of aromatic nitrogens is 3. The third-order valence-corrected chi connectivity index (χ3v) is 5.29. The van der Waals surface area contributed by atoms with E-state index in [2.05, 4.69) is 15.5 Å². The van der Waals surface area contributed by atoms with Gasteiger partial charge in [-0.25, -0.2) is 4.39 Å². The monoisotopic (exact) mass is 404 g/mol. The molecule has 3 aromatic rings. The Morgan fingerprint density at radius 2 is 1.85 bits per heavy atom. The number of nitrogens with zero attached hydrogens (tertiary/aromatic N) is 3. The summed E-state index contributed by atoms with van der Waals surface area (Å²) >= 11 is 7.22. The molecule has 8 heteroatoms. The van der Waals surface area contributed by atoms with Gasteiger partial charge < -0.3 is 9.88 Å². The van der Waals surface area contributed by atoms with Crippen LogP contribution in [0.3, 0.4) is 0 Å². The van der Waals surface area contributed by atoms with Crippen LogP contribution >= 0.6 is 23.4 Å². The number of hydrogen-bond donors (Lipinski definition) is 1. The molecule has 3 rings (SSSR count). The van der Waals surface area contributed by atoms with Crippen molar-refractivity contribution in [1.29, 1.82) is 0 Å². The zero-order valence-electron chi connectivity index (χ0n) is 14.8. The van der Waals surface area contributed by atoms with Crippen LogP contribution in [0.15, 0.2) is 53.7 Å². The summed E-state index contributed by atoms with van der Waals surface area (Å²) in [5.41, 5.74) is 1.74. The summed E-state index contributed by atoms with van der Waals surface area (Å²) in [6.45, 7) is 1.86. The number of carbonyl (C=O) groups is 1. The van der Waals surface area contributed by atoms with E-state index in [4.69, 9.17) is 11.6 Å². The fourth-order valence-corrected chi connectivity index (χ4v) is 3.39. The zero-order chi connectivity index (χ0) is 19.4. The second-order valence-electron chi connectivity index (χ2n) is 6.00. The van der Waals surface area contributed by atoms with Crippen LogP contribution in [0.5, 0.6) is 0 Å². The maximum Gasteiger partial charge on any atom is 0.230 e. The lowest BCUT2D eigenvalue weighted by atomic mass is 10.1. The molecule has 140 valence electrons. The normalized spacial score (nSPS) is 12.0. The van der Waals surface area contributed by atoms with Crippen molar-refractivity contribution >= 4 is 29.3 Å². The minimum absolute atomic E-state index is 0.132. The lowest BCUT2D eigenvalue weighted by Crippen LogP contribution is -2.28. The Bertz CT molecular complexity index is 928. The van der Waals surface area contributed by atoms with Crippen molar-refractivity contribution in [3.63, 3.8) is 0 Å². The molecule has 0 fully saturated rings. The predicted octanol–water partition coefficient (Wildman–Crippen LogP) is 4.24. The minimum atomic E-state index is -0.299. The summed E-state index contributed by atoms with van der Waals surface area (Å²) in [5.74, 6) is 0.478. The largest absolute Gasteiger partial charge is 0.349 e. The number of rotatable bonds is 6. The molecule has 1 amide bonds. The van der Waals surface area contributed by atoms with E-state index >= 15 is 0 Å². The molecule has 0 aliphatic rings. The summed E-state index contributed by atoms with van der Waals surface area (Å²) in [7, 11) is 1.85. The van der Waals surface area contributed by atoms with Crippen LogP contribution in [0.1, 0.15) is 18.5 Å². The van der Waals surface area contributed by atoms with Gasteiger partial charge in [0.2, 0.25) is 5.91 Å². The molecule has 5 nitrogen and oxygen atoms in total. The molecule has 1 N–H and O–H groups in total. The van der Waals surface area contributed by atoms with Crippen LogP contribution in [0.4, 0.5) is 4.39 Å². The Labute approximate surface area is 166 Å². The number of hydrogen-bond acceptors (Lipinski definition) is 4. The highest BCUT2D eigenvalue weighted by Gasteiger charge is 2.14. The van der Waals surface area contributed by atoms with Crippen molar-refractivity contribution in [3.05, 3.63) is 64.9 Å². The number of thioether (sulfide) groups is 1. The molecule has 0 unspecified atom stereocenters. The van der Waals surface area contributed by atoms with Crippen molar-refractivity contribution in [3.8, 4) is 11.4 Å². The van der Waals surface area contributed by atoms with Crippen LogP contribution in [-0.2, 0) is 11.8 Å². The number of amides is 1. The van der Waals surface area contributed by atoms with Gasteiger partial charge in [0, 0.05) is 17.6 Å². The molecule has 0 bridgehead atoms. The van der Waals surface area contributed by atoms with E-state index in [9.17, 15) is 9.18 Å². The van der Waals surface area contributed by atoms with Gasteiger partial charge in [-0.05, 0) is 48.9 Å². The van der Waals surface area contributed by atoms with Crippen LogP contribution < -0.4 is 5.32 Å². The summed E-state index contributed by atoms with van der Waals surface area (Å²) in [5, 5.41) is 12.5. The predicted molar refractivity (Wildman–Crippen MR) is 105 cm³/mol. The molecule has 0 saturated carbocycles. The highest BCUT2D eigenvalue weighted by Crippen LogP contribution is 2.24. The molecule has 1 heterocycles. The second-order valence-corrected chi connectivity index (χ2v) is 7.38. The molecule has 0 aliphatic heterocycles. The van der Waals surface area contributed by atoms with E-state index in [1.165, 1.54) is 23.9 Å². The van der Waals surface area contributed by atoms with Crippen molar-refractivity contribution < 1.29 is 9.18 Å². The summed E-state index contributed by atoms with van der Waals surface area (Å²) < 4.78 is 14.8. The van der Waals surface area contributed by atoms with Crippen LogP contribution in [0.25, 0.3) is 11.4 Å². The molecular formula is C19H18ClFN4OS. The third kappa shape index (κ3) is 4.87. The van der Waals surface area contributed by atoms with Gasteiger partial charge in [-0.3, -0.25) is 4.79 Å². The molecule has 0 aliphatic carbocycles. The SMILES string of the molecule is C[C@@H](NC(=O)CSc1nnc(-c2ccc(Cl)cc2)n1C)c1ccc(F)cc1. The lowest BCUT2D eigenvalue weighted by molar-refractivity contribution is -0.119. The smallest absolute Gasteiger partial charge is 0.230 e. The summed E-state index contributed by atoms with van der Waals surface area (Å²) in [4.78, 5) is 12.2. The first-order chi connectivity index (χ1) is 12.9. The number of benzene rings is 2. The summed E-state index contributed by atoms with van der Waals surface area (Å²) in [6, 6.07) is 13.2. The first-order valence-electron chi connectivity index (χ1n) is 8.27. The van der Waals surface area contributed by atoms with Crippen LogP contribution in [0.2, 0.25) is 5.02 Å². The van der Waals surface area contributed by atoms with E-state index in [1.807, 2.05) is 30.7 Å². The van der Waals surface area contributed by atoms with Gasteiger partial charge in [-0.1, -0.05) is 35.5 Å². The van der Waals surface area contributed by atoms with Crippen molar-refractivity contribution in [2.24, 2.45) is 7.05 Å². The van der Waals surface area contributed by atoms with Crippen molar-refractivity contribution in [1.82, 2.24) is 20.1 Å². The van der Waals surface area contributed by atoms with E-state index in [-0.39, 0.29) is 23.5 Å². The number of carbonyl (C=O) groups excluding carboxylic acids is 1. The first kappa shape index (κ1) is 19.4. The van der Waals surface area contributed by atoms with Gasteiger partial charge in [-0.2, -0.15) is 0 Å². The zero-order valence-corrected chi connectivity index (χ0v) is 16.4. The van der Waals surface area contributed by atoms with Gasteiger partial charge in [0.05, 0.1) is 11.8 Å². The van der Waals surface area contributed by atoms with E-state index in [0.29, 0.717) is 16.0 Å². The average molecular weight is 405 g/mol. The topological polar surface area (TPSA) is 59.8 Å². The quantitative estimate of drug-likeness (QED) is 0.624. The minimum Gasteiger partial charge on any atom is -0.349 e. The van der Waals surface area contributed by atoms with Crippen molar-refractivity contribution in [2.45, 2.75) is 18.1 Å². The Hall–Kier alpha value is -2.38. The molecule has 0 spiro atoms. The third-order valence-electron chi connectivity index (χ3n) is 4.02. The first-order valence-corrected chi connectivity index (χ1v) is 9.63. The van der Waals surface area contributed by atoms with E-state index in [0.717, 1.165) is 11.1 Å². The second kappa shape index (κ2) is 8.54.